The molecular formula is C72H98F8N18O2. The number of nitrogens with two attached hydrogens (primary N) is 3. The standard InChI is InChI=1S/C24H31F3N6O.C24H33F3N6.C24H34F2N6O/c1-12(2)33-20(8-19(30-33)13-4-21(23(28)29-9-13)34-24(25,26)27)22-17-6-14(7-18(17)22)32-11-15-5-16(32)10-31(15)3;1-14(2)33-21(12-20(30-33)15-9-19(24(25,26)27)23(28)29-13-15)22-17-10-16(11-18(17)22)32-6-4-5-31(3)7-8-32;1-14(2)32-20(12-19(29-32)15-9-21(33-24(25)26)23(27)28-13-15)22-17-10-16(11-18(17)22)31-6-4-5-30(3)7-8-31/h4,8-9,12,14-18,22H,5-7,10-11H2,1-3H3,(H2,28,29);9,12-14,16-18,22H,4-8,10-11H2,1-3H3,(H2,28,29);9,12-14,16-18,22,24H,4-8,10-11H2,1-3H3,(H2,27,28)/t14?,15-,16-,17-,18+,22?;2*16?,17-,18+,22?/m0../s1. The van der Waals surface area contributed by atoms with Crippen LogP contribution in [0.25, 0.3) is 33.8 Å². The molecular weight excluding hydrogens is 1300 g/mol. The quantitative estimate of drug-likeness (QED) is 0.0817. The van der Waals surface area contributed by atoms with Crippen molar-refractivity contribution in [1.82, 2.24) is 73.7 Å². The molecule has 6 aliphatic carbocycles. The van der Waals surface area contributed by atoms with Gasteiger partial charge in [-0.1, -0.05) is 0 Å². The molecule has 28 heteroatoms. The van der Waals surface area contributed by atoms with Crippen molar-refractivity contribution in [3.63, 3.8) is 0 Å². The topological polar surface area (TPSA) is 208 Å². The van der Waals surface area contributed by atoms with Gasteiger partial charge in [0.15, 0.2) is 23.1 Å². The predicted molar refractivity (Wildman–Crippen MR) is 366 cm³/mol. The molecule has 4 saturated heterocycles. The van der Waals surface area contributed by atoms with Gasteiger partial charge in [-0.3, -0.25) is 28.7 Å². The number of fused-ring (bicyclic) bond motifs is 5. The molecule has 6 unspecified atom stereocenters. The lowest BCUT2D eigenvalue weighted by molar-refractivity contribution is -0.274. The molecule has 0 aromatic carbocycles. The molecule has 10 aliphatic rings. The van der Waals surface area contributed by atoms with Gasteiger partial charge in [0, 0.05) is 158 Å². The first-order chi connectivity index (χ1) is 47.5. The monoisotopic (exact) mass is 1400 g/mol. The second-order valence-electron chi connectivity index (χ2n) is 31.3. The minimum absolute atomic E-state index is 0.0509. The van der Waals surface area contributed by atoms with Crippen LogP contribution in [-0.4, -0.2) is 203 Å². The van der Waals surface area contributed by atoms with E-state index in [-0.39, 0.29) is 35.5 Å². The minimum Gasteiger partial charge on any atom is -0.431 e. The molecule has 4 aliphatic heterocycles. The van der Waals surface area contributed by atoms with Gasteiger partial charge in [-0.25, -0.2) is 15.0 Å². The molecule has 0 radical (unpaired) electrons. The van der Waals surface area contributed by atoms with E-state index in [1.807, 2.05) is 21.5 Å². The summed E-state index contributed by atoms with van der Waals surface area (Å²) in [5, 5.41) is 14.3. The number of anilines is 3. The number of hydrogen-bond donors (Lipinski definition) is 3. The molecule has 10 fully saturated rings. The summed E-state index contributed by atoms with van der Waals surface area (Å²) in [6.07, 6.45) is 6.23. The van der Waals surface area contributed by atoms with Crippen LogP contribution < -0.4 is 26.7 Å². The molecule has 100 heavy (non-hydrogen) atoms. The van der Waals surface area contributed by atoms with Crippen molar-refractivity contribution in [3.8, 4) is 45.3 Å². The zero-order valence-corrected chi connectivity index (χ0v) is 58.8. The summed E-state index contributed by atoms with van der Waals surface area (Å²) in [5.41, 5.74) is 22.8. The summed E-state index contributed by atoms with van der Waals surface area (Å²) >= 11 is 0. The highest BCUT2D eigenvalue weighted by Gasteiger charge is 2.62. The van der Waals surface area contributed by atoms with Crippen LogP contribution in [-0.2, 0) is 6.18 Å². The van der Waals surface area contributed by atoms with Gasteiger partial charge in [0.25, 0.3) is 0 Å². The lowest BCUT2D eigenvalue weighted by atomic mass is 10.0. The molecule has 20 nitrogen and oxygen atoms in total. The van der Waals surface area contributed by atoms with Crippen LogP contribution in [0.1, 0.15) is 158 Å². The first-order valence-electron chi connectivity index (χ1n) is 36.2. The van der Waals surface area contributed by atoms with E-state index in [1.165, 1.54) is 140 Å². The van der Waals surface area contributed by atoms with Crippen LogP contribution in [0.5, 0.6) is 11.5 Å². The van der Waals surface area contributed by atoms with Crippen LogP contribution in [0.3, 0.4) is 0 Å². The third-order valence-corrected chi connectivity index (χ3v) is 23.9. The maximum Gasteiger partial charge on any atom is 0.573 e. The number of nitrogen functional groups attached to an aromatic ring is 3. The van der Waals surface area contributed by atoms with Gasteiger partial charge in [0.2, 0.25) is 0 Å². The Balaban J connectivity index is 0.000000128. The average molecular weight is 1400 g/mol. The zero-order chi connectivity index (χ0) is 70.7. The smallest absolute Gasteiger partial charge is 0.431 e. The van der Waals surface area contributed by atoms with Gasteiger partial charge >= 0.3 is 19.2 Å². The third kappa shape index (κ3) is 14.4. The fourth-order valence-corrected chi connectivity index (χ4v) is 18.9. The van der Waals surface area contributed by atoms with Crippen molar-refractivity contribution in [2.45, 2.75) is 185 Å². The maximum atomic E-state index is 13.3. The number of likely N-dealkylation sites (N-methyl/N-ethyl adjacent to an activating group) is 3. The Morgan fingerprint density at radius 2 is 0.850 bits per heavy atom. The van der Waals surface area contributed by atoms with Crippen molar-refractivity contribution < 1.29 is 44.6 Å². The Labute approximate surface area is 580 Å². The molecule has 2 bridgehead atoms. The normalized spacial score (nSPS) is 30.1. The van der Waals surface area contributed by atoms with Gasteiger partial charge in [0.05, 0.1) is 22.6 Å². The van der Waals surface area contributed by atoms with Gasteiger partial charge < -0.3 is 41.4 Å². The molecule has 6 aromatic rings. The van der Waals surface area contributed by atoms with Crippen LogP contribution in [0, 0.1) is 35.5 Å². The lowest BCUT2D eigenvalue weighted by Gasteiger charge is -2.37. The third-order valence-electron chi connectivity index (χ3n) is 23.9. The van der Waals surface area contributed by atoms with Crippen LogP contribution in [0.2, 0.25) is 0 Å². The zero-order valence-electron chi connectivity index (χ0n) is 58.8. The Hall–Kier alpha value is -6.72. The average Bonchev–Trinajstić information content (AvgIpc) is 1.56. The van der Waals surface area contributed by atoms with E-state index in [0.29, 0.717) is 99.5 Å². The predicted octanol–water partition coefficient (Wildman–Crippen LogP) is 12.0. The van der Waals surface area contributed by atoms with Crippen molar-refractivity contribution in [3.05, 3.63) is 77.6 Å². The molecule has 0 amide bonds. The van der Waals surface area contributed by atoms with Crippen molar-refractivity contribution in [1.29, 1.82) is 0 Å². The van der Waals surface area contributed by atoms with E-state index in [0.717, 1.165) is 49.2 Å². The maximum absolute atomic E-state index is 13.3. The summed E-state index contributed by atoms with van der Waals surface area (Å²) in [6, 6.07) is 14.0. The molecule has 14 atom stereocenters. The Morgan fingerprint density at radius 1 is 0.450 bits per heavy atom. The Bertz CT molecular complexity index is 3850. The second-order valence-corrected chi connectivity index (χ2v) is 31.3. The Kier molecular flexibility index (Phi) is 19.3. The van der Waals surface area contributed by atoms with Crippen LogP contribution in [0.15, 0.2) is 55.0 Å². The number of halogens is 8. The number of alkyl halides is 8. The summed E-state index contributed by atoms with van der Waals surface area (Å²) in [6.45, 7) is 21.4. The number of piperazine rings is 1. The van der Waals surface area contributed by atoms with E-state index in [4.69, 9.17) is 32.5 Å². The highest BCUT2D eigenvalue weighted by Crippen LogP contribution is 2.67. The fraction of sp³-hybridized carbons (Fsp3) is 0.667. The minimum atomic E-state index is -4.83. The lowest BCUT2D eigenvalue weighted by Crippen LogP contribution is -2.48. The molecule has 0 spiro atoms. The van der Waals surface area contributed by atoms with Crippen LogP contribution in [0.4, 0.5) is 52.6 Å². The molecule has 6 saturated carbocycles. The van der Waals surface area contributed by atoms with Crippen LogP contribution >= 0.6 is 0 Å². The first-order valence-corrected chi connectivity index (χ1v) is 36.2. The van der Waals surface area contributed by atoms with Gasteiger partial charge in [0.1, 0.15) is 5.82 Å². The van der Waals surface area contributed by atoms with Crippen molar-refractivity contribution in [2.75, 3.05) is 104 Å². The van der Waals surface area contributed by atoms with E-state index in [1.54, 1.807) is 6.20 Å². The van der Waals surface area contributed by atoms with Gasteiger partial charge in [-0.15, -0.1) is 13.2 Å². The number of aromatic nitrogens is 9. The highest BCUT2D eigenvalue weighted by atomic mass is 19.4. The van der Waals surface area contributed by atoms with E-state index in [2.05, 4.69) is 127 Å². The summed E-state index contributed by atoms with van der Waals surface area (Å²) < 4.78 is 118. The molecule has 6 aromatic heterocycles. The van der Waals surface area contributed by atoms with Crippen molar-refractivity contribution in [2.24, 2.45) is 35.5 Å². The highest BCUT2D eigenvalue weighted by molar-refractivity contribution is 5.67. The van der Waals surface area contributed by atoms with Gasteiger partial charge in [-0.05, 0) is 219 Å². The van der Waals surface area contributed by atoms with Crippen molar-refractivity contribution >= 4 is 17.5 Å². The number of hydrogen-bond acceptors (Lipinski definition) is 17. The Morgan fingerprint density at radius 3 is 1.23 bits per heavy atom. The molecule has 544 valence electrons. The second kappa shape index (κ2) is 27.5. The van der Waals surface area contributed by atoms with Gasteiger partial charge in [-0.2, -0.15) is 37.2 Å². The summed E-state index contributed by atoms with van der Waals surface area (Å²) in [4.78, 5) is 27.3. The number of nitrogens with zero attached hydrogens (tertiary/aromatic N) is 15. The molecule has 6 N–H and O–H groups in total. The van der Waals surface area contributed by atoms with E-state index >= 15 is 0 Å². The number of pyridine rings is 3. The number of rotatable bonds is 15. The molecule has 10 heterocycles. The summed E-state index contributed by atoms with van der Waals surface area (Å²) in [7, 11) is 6.66. The first kappa shape index (κ1) is 70.3. The fourth-order valence-electron chi connectivity index (χ4n) is 18.9. The van der Waals surface area contributed by atoms with E-state index in [9.17, 15) is 35.1 Å². The van der Waals surface area contributed by atoms with E-state index < -0.39 is 36.3 Å². The molecule has 16 rings (SSSR count). The number of likely N-dealkylation sites (tertiary alicyclic amines) is 2. The largest absolute Gasteiger partial charge is 0.573 e. The summed E-state index contributed by atoms with van der Waals surface area (Å²) in [5.74, 6) is 4.02. The number of ether oxygens (including phenoxy) is 2. The SMILES string of the molecule is CC(C)n1nc(-c2cnc(N)c(C(F)(F)F)c2)cc1C1[C@H]2CC(N3CCCN(C)CC3)C[C@@H]12.CC(C)n1nc(-c2cnc(N)c(OC(F)(F)F)c2)cc1C1[C@H]2CC(N3C[C@@H]4C[C@H]3CN4C)C[C@@H]12.CC(C)n1nc(-c2cnc(N)c(OC(F)F)c2)cc1C1[C@H]2CC(N3CCCN(C)CC3)C[C@@H]12.